The molecule has 2 aromatic carbocycles. The number of amides is 1. The molecule has 0 aromatic heterocycles. The molecule has 2 rings (SSSR count). The molecule has 0 saturated carbocycles. The Morgan fingerprint density at radius 3 is 2.24 bits per heavy atom. The van der Waals surface area contributed by atoms with Gasteiger partial charge in [0.25, 0.3) is 5.91 Å². The first-order valence-corrected chi connectivity index (χ1v) is 11.5. The van der Waals surface area contributed by atoms with Gasteiger partial charge in [-0.1, -0.05) is 45.7 Å². The van der Waals surface area contributed by atoms with Crippen molar-refractivity contribution >= 4 is 21.6 Å². The van der Waals surface area contributed by atoms with Crippen molar-refractivity contribution in [1.82, 2.24) is 4.31 Å². The standard InChI is InChI=1S/C22H30N2O4S/c1-4-7-10-17-28-21-12-9-8-11-20(21)22(25)23-18-13-15-19(16-14-18)29(26,27)24(5-2)6-3/h8-9,11-16H,4-7,10,17H2,1-3H3,(H,23,25). The van der Waals surface area contributed by atoms with Gasteiger partial charge in [-0.05, 0) is 42.8 Å². The predicted octanol–water partition coefficient (Wildman–Crippen LogP) is 4.54. The van der Waals surface area contributed by atoms with E-state index in [9.17, 15) is 13.2 Å². The predicted molar refractivity (Wildman–Crippen MR) is 116 cm³/mol. The van der Waals surface area contributed by atoms with Crippen molar-refractivity contribution in [2.45, 2.75) is 44.9 Å². The Bertz CT molecular complexity index is 891. The number of unbranched alkanes of at least 4 members (excludes halogenated alkanes) is 2. The monoisotopic (exact) mass is 418 g/mol. The van der Waals surface area contributed by atoms with Gasteiger partial charge < -0.3 is 10.1 Å². The van der Waals surface area contributed by atoms with Crippen LogP contribution in [0.3, 0.4) is 0 Å². The third kappa shape index (κ3) is 6.05. The molecular formula is C22H30N2O4S. The van der Waals surface area contributed by atoms with Gasteiger partial charge in [-0.3, -0.25) is 4.79 Å². The molecule has 0 heterocycles. The van der Waals surface area contributed by atoms with Crippen LogP contribution in [0.4, 0.5) is 5.69 Å². The van der Waals surface area contributed by atoms with E-state index in [4.69, 9.17) is 4.74 Å². The molecule has 0 spiro atoms. The van der Waals surface area contributed by atoms with E-state index in [1.807, 2.05) is 6.07 Å². The topological polar surface area (TPSA) is 75.7 Å². The van der Waals surface area contributed by atoms with Crippen LogP contribution in [0.25, 0.3) is 0 Å². The van der Waals surface area contributed by atoms with Gasteiger partial charge in [-0.2, -0.15) is 4.31 Å². The van der Waals surface area contributed by atoms with Crippen molar-refractivity contribution in [3.63, 3.8) is 0 Å². The molecule has 6 nitrogen and oxygen atoms in total. The highest BCUT2D eigenvalue weighted by Gasteiger charge is 2.21. The Morgan fingerprint density at radius 2 is 1.62 bits per heavy atom. The molecule has 0 bridgehead atoms. The number of rotatable bonds is 11. The molecule has 0 atom stereocenters. The summed E-state index contributed by atoms with van der Waals surface area (Å²) in [5.41, 5.74) is 0.970. The summed E-state index contributed by atoms with van der Waals surface area (Å²) in [6.07, 6.45) is 3.12. The number of hydrogen-bond donors (Lipinski definition) is 1. The van der Waals surface area contributed by atoms with E-state index in [2.05, 4.69) is 12.2 Å². The molecule has 2 aromatic rings. The number of sulfonamides is 1. The number of para-hydroxylation sites is 1. The Morgan fingerprint density at radius 1 is 0.966 bits per heavy atom. The Labute approximate surface area is 173 Å². The lowest BCUT2D eigenvalue weighted by atomic mass is 10.2. The number of ether oxygens (including phenoxy) is 1. The van der Waals surface area contributed by atoms with E-state index in [1.54, 1.807) is 44.2 Å². The van der Waals surface area contributed by atoms with Crippen LogP contribution < -0.4 is 10.1 Å². The fourth-order valence-electron chi connectivity index (χ4n) is 2.94. The summed E-state index contributed by atoms with van der Waals surface area (Å²) in [5, 5.41) is 2.81. The lowest BCUT2D eigenvalue weighted by Crippen LogP contribution is -2.30. The first-order valence-electron chi connectivity index (χ1n) is 10.1. The summed E-state index contributed by atoms with van der Waals surface area (Å²) in [6, 6.07) is 13.3. The van der Waals surface area contributed by atoms with Crippen molar-refractivity contribution in [1.29, 1.82) is 0 Å². The van der Waals surface area contributed by atoms with Crippen molar-refractivity contribution in [2.24, 2.45) is 0 Å². The van der Waals surface area contributed by atoms with Crippen LogP contribution in [0.1, 0.15) is 50.4 Å². The highest BCUT2D eigenvalue weighted by atomic mass is 32.2. The fourth-order valence-corrected chi connectivity index (χ4v) is 4.39. The zero-order valence-electron chi connectivity index (χ0n) is 17.3. The maximum Gasteiger partial charge on any atom is 0.259 e. The summed E-state index contributed by atoms with van der Waals surface area (Å²) >= 11 is 0. The molecule has 0 aliphatic rings. The smallest absolute Gasteiger partial charge is 0.259 e. The molecule has 158 valence electrons. The Hall–Kier alpha value is -2.38. The quantitative estimate of drug-likeness (QED) is 0.544. The van der Waals surface area contributed by atoms with Crippen LogP contribution in [-0.4, -0.2) is 38.3 Å². The van der Waals surface area contributed by atoms with Crippen LogP contribution in [0, 0.1) is 0 Å². The van der Waals surface area contributed by atoms with Crippen LogP contribution in [0.15, 0.2) is 53.4 Å². The minimum atomic E-state index is -3.52. The first kappa shape index (κ1) is 22.9. The van der Waals surface area contributed by atoms with Crippen molar-refractivity contribution in [3.05, 3.63) is 54.1 Å². The van der Waals surface area contributed by atoms with Gasteiger partial charge >= 0.3 is 0 Å². The summed E-state index contributed by atoms with van der Waals surface area (Å²) in [7, 11) is -3.52. The fraction of sp³-hybridized carbons (Fsp3) is 0.409. The maximum absolute atomic E-state index is 12.7. The lowest BCUT2D eigenvalue weighted by molar-refractivity contribution is 0.102. The van der Waals surface area contributed by atoms with Gasteiger partial charge in [0.2, 0.25) is 10.0 Å². The highest BCUT2D eigenvalue weighted by Crippen LogP contribution is 2.22. The van der Waals surface area contributed by atoms with Crippen LogP contribution in [0.2, 0.25) is 0 Å². The third-order valence-corrected chi connectivity index (χ3v) is 6.66. The number of anilines is 1. The summed E-state index contributed by atoms with van der Waals surface area (Å²) < 4.78 is 32.3. The number of carbonyl (C=O) groups is 1. The molecule has 0 saturated heterocycles. The normalized spacial score (nSPS) is 11.4. The third-order valence-electron chi connectivity index (χ3n) is 4.59. The average molecular weight is 419 g/mol. The van der Waals surface area contributed by atoms with E-state index in [0.29, 0.717) is 36.7 Å². The summed E-state index contributed by atoms with van der Waals surface area (Å²) in [6.45, 7) is 7.11. The Balaban J connectivity index is 2.10. The zero-order chi connectivity index (χ0) is 21.3. The minimum absolute atomic E-state index is 0.207. The van der Waals surface area contributed by atoms with E-state index in [1.165, 1.54) is 16.4 Å². The highest BCUT2D eigenvalue weighted by molar-refractivity contribution is 7.89. The number of nitrogens with zero attached hydrogens (tertiary/aromatic N) is 1. The number of benzene rings is 2. The number of hydrogen-bond acceptors (Lipinski definition) is 4. The van der Waals surface area contributed by atoms with Gasteiger partial charge in [-0.15, -0.1) is 0 Å². The van der Waals surface area contributed by atoms with Crippen LogP contribution in [-0.2, 0) is 10.0 Å². The number of nitrogens with one attached hydrogen (secondary N) is 1. The van der Waals surface area contributed by atoms with E-state index in [-0.39, 0.29) is 10.8 Å². The van der Waals surface area contributed by atoms with Gasteiger partial charge in [0, 0.05) is 18.8 Å². The van der Waals surface area contributed by atoms with Gasteiger partial charge in [-0.25, -0.2) is 8.42 Å². The SMILES string of the molecule is CCCCCOc1ccccc1C(=O)Nc1ccc(S(=O)(=O)N(CC)CC)cc1. The lowest BCUT2D eigenvalue weighted by Gasteiger charge is -2.18. The second-order valence-corrected chi connectivity index (χ2v) is 8.56. The van der Waals surface area contributed by atoms with Crippen molar-refractivity contribution < 1.29 is 17.9 Å². The van der Waals surface area contributed by atoms with Crippen molar-refractivity contribution in [2.75, 3.05) is 25.0 Å². The first-order chi connectivity index (χ1) is 13.9. The molecule has 0 aliphatic heterocycles. The number of carbonyl (C=O) groups excluding carboxylic acids is 1. The molecule has 29 heavy (non-hydrogen) atoms. The molecule has 1 amide bonds. The summed E-state index contributed by atoms with van der Waals surface area (Å²) in [4.78, 5) is 12.9. The Kier molecular flexibility index (Phi) is 8.67. The van der Waals surface area contributed by atoms with E-state index in [0.717, 1.165) is 19.3 Å². The van der Waals surface area contributed by atoms with Gasteiger partial charge in [0.15, 0.2) is 0 Å². The van der Waals surface area contributed by atoms with E-state index >= 15 is 0 Å². The summed E-state index contributed by atoms with van der Waals surface area (Å²) in [5.74, 6) is 0.247. The average Bonchev–Trinajstić information content (AvgIpc) is 2.72. The zero-order valence-corrected chi connectivity index (χ0v) is 18.2. The van der Waals surface area contributed by atoms with Gasteiger partial charge in [0.05, 0.1) is 17.1 Å². The van der Waals surface area contributed by atoms with E-state index < -0.39 is 10.0 Å². The molecule has 0 fully saturated rings. The maximum atomic E-state index is 12.7. The molecule has 7 heteroatoms. The molecule has 0 radical (unpaired) electrons. The van der Waals surface area contributed by atoms with Crippen molar-refractivity contribution in [3.8, 4) is 5.75 Å². The largest absolute Gasteiger partial charge is 0.493 e. The second kappa shape index (κ2) is 11.0. The molecular weight excluding hydrogens is 388 g/mol. The van der Waals surface area contributed by atoms with Crippen LogP contribution >= 0.6 is 0 Å². The molecule has 0 unspecified atom stereocenters. The minimum Gasteiger partial charge on any atom is -0.493 e. The molecule has 1 N–H and O–H groups in total. The van der Waals surface area contributed by atoms with Gasteiger partial charge in [0.1, 0.15) is 5.75 Å². The van der Waals surface area contributed by atoms with Crippen LogP contribution in [0.5, 0.6) is 5.75 Å². The molecule has 0 aliphatic carbocycles. The second-order valence-electron chi connectivity index (χ2n) is 6.62.